The van der Waals surface area contributed by atoms with Gasteiger partial charge in [0.1, 0.15) is 0 Å². The highest BCUT2D eigenvalue weighted by atomic mass is 32.1. The van der Waals surface area contributed by atoms with Crippen LogP contribution in [0.3, 0.4) is 0 Å². The fraction of sp³-hybridized carbons (Fsp3) is 0.267. The Labute approximate surface area is 121 Å². The largest absolute Gasteiger partial charge is 0.493 e. The van der Waals surface area contributed by atoms with Crippen molar-refractivity contribution in [1.82, 2.24) is 0 Å². The number of amides is 1. The van der Waals surface area contributed by atoms with Crippen LogP contribution in [0.1, 0.15) is 22.8 Å². The third-order valence-corrected chi connectivity index (χ3v) is 4.52. The summed E-state index contributed by atoms with van der Waals surface area (Å²) in [5, 5.41) is 4.91. The minimum atomic E-state index is 0.0516. The Morgan fingerprint density at radius 3 is 2.75 bits per heavy atom. The van der Waals surface area contributed by atoms with Crippen molar-refractivity contribution in [3.8, 4) is 11.5 Å². The molecule has 1 aliphatic rings. The molecule has 0 fully saturated rings. The van der Waals surface area contributed by atoms with Gasteiger partial charge in [-0.05, 0) is 29.1 Å². The topological polar surface area (TPSA) is 47.6 Å². The third kappa shape index (κ3) is 2.14. The molecule has 2 aromatic rings. The molecule has 1 aliphatic heterocycles. The molecule has 4 nitrogen and oxygen atoms in total. The van der Waals surface area contributed by atoms with E-state index in [9.17, 15) is 4.79 Å². The second-order valence-corrected chi connectivity index (χ2v) is 5.57. The zero-order valence-corrected chi connectivity index (χ0v) is 12.1. The fourth-order valence-corrected chi connectivity index (χ4v) is 3.49. The maximum atomic E-state index is 11.8. The van der Waals surface area contributed by atoms with Gasteiger partial charge in [-0.2, -0.15) is 0 Å². The Hall–Kier alpha value is -2.01. The summed E-state index contributed by atoms with van der Waals surface area (Å²) in [6.45, 7) is 0. The number of nitrogens with one attached hydrogen (secondary N) is 1. The van der Waals surface area contributed by atoms with E-state index in [-0.39, 0.29) is 11.8 Å². The summed E-state index contributed by atoms with van der Waals surface area (Å²) in [6.07, 6.45) is 0.461. The van der Waals surface area contributed by atoms with E-state index in [4.69, 9.17) is 9.47 Å². The first-order chi connectivity index (χ1) is 9.72. The van der Waals surface area contributed by atoms with E-state index in [1.165, 1.54) is 4.88 Å². The Balaban J connectivity index is 2.04. The Bertz CT molecular complexity index is 650. The minimum absolute atomic E-state index is 0.0516. The molecule has 0 bridgehead atoms. The normalized spacial score (nSPS) is 17.3. The number of carbonyl (C=O) groups excluding carboxylic acids is 1. The smallest absolute Gasteiger partial charge is 0.225 e. The molecular formula is C15H15NO3S. The van der Waals surface area contributed by atoms with Crippen LogP contribution in [0.2, 0.25) is 0 Å². The van der Waals surface area contributed by atoms with Crippen LogP contribution >= 0.6 is 11.3 Å². The van der Waals surface area contributed by atoms with Gasteiger partial charge >= 0.3 is 0 Å². The second-order valence-electron chi connectivity index (χ2n) is 4.62. The summed E-state index contributed by atoms with van der Waals surface area (Å²) in [4.78, 5) is 13.0. The van der Waals surface area contributed by atoms with E-state index in [0.717, 1.165) is 11.3 Å². The van der Waals surface area contributed by atoms with Crippen molar-refractivity contribution in [2.75, 3.05) is 19.5 Å². The van der Waals surface area contributed by atoms with Gasteiger partial charge in [0.25, 0.3) is 0 Å². The van der Waals surface area contributed by atoms with Gasteiger partial charge in [-0.25, -0.2) is 0 Å². The zero-order chi connectivity index (χ0) is 14.1. The lowest BCUT2D eigenvalue weighted by Gasteiger charge is -2.23. The maximum Gasteiger partial charge on any atom is 0.225 e. The number of rotatable bonds is 3. The van der Waals surface area contributed by atoms with E-state index in [2.05, 4.69) is 5.32 Å². The number of hydrogen-bond acceptors (Lipinski definition) is 4. The summed E-state index contributed by atoms with van der Waals surface area (Å²) in [5.41, 5.74) is 1.99. The quantitative estimate of drug-likeness (QED) is 0.943. The van der Waals surface area contributed by atoms with Gasteiger partial charge in [-0.15, -0.1) is 11.3 Å². The molecule has 0 unspecified atom stereocenters. The molecule has 0 aliphatic carbocycles. The highest BCUT2D eigenvalue weighted by Gasteiger charge is 2.28. The van der Waals surface area contributed by atoms with Crippen molar-refractivity contribution in [1.29, 1.82) is 0 Å². The van der Waals surface area contributed by atoms with E-state index in [1.807, 2.05) is 29.6 Å². The summed E-state index contributed by atoms with van der Waals surface area (Å²) >= 11 is 1.67. The summed E-state index contributed by atoms with van der Waals surface area (Å²) < 4.78 is 10.6. The molecule has 104 valence electrons. The van der Waals surface area contributed by atoms with Crippen LogP contribution < -0.4 is 14.8 Å². The molecule has 0 saturated carbocycles. The van der Waals surface area contributed by atoms with Gasteiger partial charge < -0.3 is 14.8 Å². The van der Waals surface area contributed by atoms with E-state index >= 15 is 0 Å². The van der Waals surface area contributed by atoms with Gasteiger partial charge in [0.2, 0.25) is 5.91 Å². The van der Waals surface area contributed by atoms with Crippen LogP contribution in [0, 0.1) is 0 Å². The van der Waals surface area contributed by atoms with Gasteiger partial charge in [0.05, 0.1) is 19.9 Å². The average molecular weight is 289 g/mol. The van der Waals surface area contributed by atoms with Crippen molar-refractivity contribution in [2.24, 2.45) is 0 Å². The molecule has 3 rings (SSSR count). The monoisotopic (exact) mass is 289 g/mol. The number of thiophene rings is 1. The number of fused-ring (bicyclic) bond motifs is 1. The molecule has 2 heterocycles. The van der Waals surface area contributed by atoms with Crippen LogP contribution in [0.25, 0.3) is 0 Å². The molecule has 0 spiro atoms. The molecule has 0 saturated heterocycles. The zero-order valence-electron chi connectivity index (χ0n) is 11.3. The van der Waals surface area contributed by atoms with E-state index in [0.29, 0.717) is 17.9 Å². The van der Waals surface area contributed by atoms with E-state index in [1.54, 1.807) is 25.6 Å². The molecule has 5 heteroatoms. The lowest BCUT2D eigenvalue weighted by molar-refractivity contribution is -0.116. The van der Waals surface area contributed by atoms with Crippen molar-refractivity contribution < 1.29 is 14.3 Å². The SMILES string of the molecule is COc1ccc([C@H]2CC(=O)Nc3ccsc32)cc1OC. The molecule has 1 N–H and O–H groups in total. The predicted octanol–water partition coefficient (Wildman–Crippen LogP) is 3.24. The van der Waals surface area contributed by atoms with Gasteiger partial charge in [0.15, 0.2) is 11.5 Å². The fourth-order valence-electron chi connectivity index (χ4n) is 2.51. The molecular weight excluding hydrogens is 274 g/mol. The predicted molar refractivity (Wildman–Crippen MR) is 79.0 cm³/mol. The van der Waals surface area contributed by atoms with E-state index < -0.39 is 0 Å². The second kappa shape index (κ2) is 5.17. The Morgan fingerprint density at radius 2 is 2.00 bits per heavy atom. The summed E-state index contributed by atoms with van der Waals surface area (Å²) in [5.74, 6) is 1.52. The first-order valence-corrected chi connectivity index (χ1v) is 7.20. The van der Waals surface area contributed by atoms with Crippen molar-refractivity contribution in [3.05, 3.63) is 40.1 Å². The number of benzene rings is 1. The molecule has 1 amide bonds. The van der Waals surface area contributed by atoms with Crippen LogP contribution in [-0.2, 0) is 4.79 Å². The van der Waals surface area contributed by atoms with Gasteiger partial charge in [-0.1, -0.05) is 6.07 Å². The Morgan fingerprint density at radius 1 is 1.20 bits per heavy atom. The van der Waals surface area contributed by atoms with Crippen LogP contribution in [0.15, 0.2) is 29.6 Å². The average Bonchev–Trinajstić information content (AvgIpc) is 2.93. The lowest BCUT2D eigenvalue weighted by Crippen LogP contribution is -2.21. The number of ether oxygens (including phenoxy) is 2. The van der Waals surface area contributed by atoms with Crippen LogP contribution in [-0.4, -0.2) is 20.1 Å². The van der Waals surface area contributed by atoms with Crippen LogP contribution in [0.5, 0.6) is 11.5 Å². The molecule has 1 aromatic heterocycles. The third-order valence-electron chi connectivity index (χ3n) is 3.49. The van der Waals surface area contributed by atoms with Gasteiger partial charge in [0, 0.05) is 17.2 Å². The lowest BCUT2D eigenvalue weighted by atomic mass is 9.90. The molecule has 1 aromatic carbocycles. The Kier molecular flexibility index (Phi) is 3.36. The first kappa shape index (κ1) is 13.0. The molecule has 1 atom stereocenters. The standard InChI is InChI=1S/C15H15NO3S/c1-18-12-4-3-9(7-13(12)19-2)10-8-14(17)16-11-5-6-20-15(10)11/h3-7,10H,8H2,1-2H3,(H,16,17)/t10-/m1/s1. The molecule has 0 radical (unpaired) electrons. The molecule has 20 heavy (non-hydrogen) atoms. The minimum Gasteiger partial charge on any atom is -0.493 e. The highest BCUT2D eigenvalue weighted by Crippen LogP contribution is 2.42. The van der Waals surface area contributed by atoms with Crippen molar-refractivity contribution in [2.45, 2.75) is 12.3 Å². The maximum absolute atomic E-state index is 11.8. The van der Waals surface area contributed by atoms with Crippen LogP contribution in [0.4, 0.5) is 5.69 Å². The first-order valence-electron chi connectivity index (χ1n) is 6.32. The number of anilines is 1. The highest BCUT2D eigenvalue weighted by molar-refractivity contribution is 7.10. The van der Waals surface area contributed by atoms with Crippen molar-refractivity contribution in [3.63, 3.8) is 0 Å². The number of carbonyl (C=O) groups is 1. The van der Waals surface area contributed by atoms with Crippen molar-refractivity contribution >= 4 is 22.9 Å². The number of methoxy groups -OCH3 is 2. The summed E-state index contributed by atoms with van der Waals surface area (Å²) in [6, 6.07) is 7.78. The summed E-state index contributed by atoms with van der Waals surface area (Å²) in [7, 11) is 3.23. The van der Waals surface area contributed by atoms with Gasteiger partial charge in [-0.3, -0.25) is 4.79 Å². The number of hydrogen-bond donors (Lipinski definition) is 1.